The minimum Gasteiger partial charge on any atom is -0.309 e. The molecule has 0 heterocycles. The highest BCUT2D eigenvalue weighted by Crippen LogP contribution is 2.04. The third-order valence-electron chi connectivity index (χ3n) is 2.36. The Kier molecular flexibility index (Phi) is 4.93. The predicted molar refractivity (Wildman–Crippen MR) is 68.2 cm³/mol. The maximum atomic E-state index is 11.7. The lowest BCUT2D eigenvalue weighted by Crippen LogP contribution is -2.24. The van der Waals surface area contributed by atoms with Gasteiger partial charge in [-0.05, 0) is 25.7 Å². The van der Waals surface area contributed by atoms with Gasteiger partial charge < -0.3 is 4.90 Å². The van der Waals surface area contributed by atoms with Crippen molar-refractivity contribution < 1.29 is 4.79 Å². The zero-order chi connectivity index (χ0) is 12.0. The van der Waals surface area contributed by atoms with E-state index in [-0.39, 0.29) is 11.7 Å². The quantitative estimate of drug-likeness (QED) is 0.706. The number of carbonyl (C=O) groups is 1. The lowest BCUT2D eigenvalue weighted by molar-refractivity contribution is -0.118. The number of hydrogen-bond acceptors (Lipinski definition) is 2. The molecule has 0 bridgehead atoms. The largest absolute Gasteiger partial charge is 0.309 e. The predicted octanol–water partition coefficient (Wildman–Crippen LogP) is 2.47. The number of ketones is 1. The summed E-state index contributed by atoms with van der Waals surface area (Å²) in [5.41, 5.74) is 1.06. The van der Waals surface area contributed by atoms with Gasteiger partial charge in [-0.3, -0.25) is 4.79 Å². The standard InChI is InChI=1S/C14H19NO/c1-12(11-15(2)3)14(16)10-9-13-7-5-4-6-8-13/h4-10,12H,11H2,1-3H3. The van der Waals surface area contributed by atoms with Crippen molar-refractivity contribution in [2.75, 3.05) is 20.6 Å². The normalized spacial score (nSPS) is 13.2. The highest BCUT2D eigenvalue weighted by atomic mass is 16.1. The van der Waals surface area contributed by atoms with Gasteiger partial charge in [0, 0.05) is 12.5 Å². The first-order valence-corrected chi connectivity index (χ1v) is 5.51. The first-order valence-electron chi connectivity index (χ1n) is 5.51. The van der Waals surface area contributed by atoms with Gasteiger partial charge in [-0.25, -0.2) is 0 Å². The van der Waals surface area contributed by atoms with E-state index in [2.05, 4.69) is 0 Å². The van der Waals surface area contributed by atoms with Crippen molar-refractivity contribution in [3.8, 4) is 0 Å². The summed E-state index contributed by atoms with van der Waals surface area (Å²) in [5.74, 6) is 0.229. The molecule has 0 saturated carbocycles. The van der Waals surface area contributed by atoms with Gasteiger partial charge in [0.25, 0.3) is 0 Å². The molecule has 0 fully saturated rings. The van der Waals surface area contributed by atoms with Crippen LogP contribution in [0.15, 0.2) is 36.4 Å². The average Bonchev–Trinajstić information content (AvgIpc) is 2.26. The van der Waals surface area contributed by atoms with Gasteiger partial charge in [0.15, 0.2) is 5.78 Å². The Morgan fingerprint density at radius 2 is 1.94 bits per heavy atom. The molecular formula is C14H19NO. The average molecular weight is 217 g/mol. The molecule has 0 N–H and O–H groups in total. The van der Waals surface area contributed by atoms with E-state index < -0.39 is 0 Å². The van der Waals surface area contributed by atoms with Crippen molar-refractivity contribution in [1.29, 1.82) is 0 Å². The molecule has 0 aromatic heterocycles. The summed E-state index contributed by atoms with van der Waals surface area (Å²) in [6.45, 7) is 2.75. The van der Waals surface area contributed by atoms with E-state index in [1.165, 1.54) is 0 Å². The van der Waals surface area contributed by atoms with Crippen molar-refractivity contribution in [1.82, 2.24) is 4.90 Å². The molecule has 86 valence electrons. The minimum absolute atomic E-state index is 0.0509. The molecule has 0 aliphatic heterocycles. The van der Waals surface area contributed by atoms with E-state index in [1.54, 1.807) is 6.08 Å². The molecule has 2 nitrogen and oxygen atoms in total. The summed E-state index contributed by atoms with van der Waals surface area (Å²) >= 11 is 0. The van der Waals surface area contributed by atoms with Gasteiger partial charge >= 0.3 is 0 Å². The van der Waals surface area contributed by atoms with Gasteiger partial charge in [-0.2, -0.15) is 0 Å². The monoisotopic (exact) mass is 217 g/mol. The summed E-state index contributed by atoms with van der Waals surface area (Å²) in [6, 6.07) is 9.87. The molecule has 0 saturated heterocycles. The maximum Gasteiger partial charge on any atom is 0.159 e. The van der Waals surface area contributed by atoms with E-state index in [0.717, 1.165) is 12.1 Å². The van der Waals surface area contributed by atoms with Crippen LogP contribution in [-0.4, -0.2) is 31.3 Å². The molecule has 0 spiro atoms. The lowest BCUT2D eigenvalue weighted by Gasteiger charge is -2.13. The zero-order valence-corrected chi connectivity index (χ0v) is 10.2. The van der Waals surface area contributed by atoms with Crippen molar-refractivity contribution in [3.05, 3.63) is 42.0 Å². The van der Waals surface area contributed by atoms with Crippen LogP contribution in [0.1, 0.15) is 12.5 Å². The second kappa shape index (κ2) is 6.23. The first-order chi connectivity index (χ1) is 7.59. The number of hydrogen-bond donors (Lipinski definition) is 0. The third kappa shape index (κ3) is 4.41. The van der Waals surface area contributed by atoms with Crippen molar-refractivity contribution in [2.45, 2.75) is 6.92 Å². The molecule has 1 atom stereocenters. The van der Waals surface area contributed by atoms with Crippen LogP contribution in [0.4, 0.5) is 0 Å². The molecule has 0 aliphatic carbocycles. The molecule has 1 unspecified atom stereocenters. The molecule has 1 aromatic carbocycles. The van der Waals surface area contributed by atoms with Crippen LogP contribution in [0.25, 0.3) is 6.08 Å². The van der Waals surface area contributed by atoms with Gasteiger partial charge in [0.2, 0.25) is 0 Å². The first kappa shape index (κ1) is 12.7. The smallest absolute Gasteiger partial charge is 0.159 e. The van der Waals surface area contributed by atoms with Crippen LogP contribution < -0.4 is 0 Å². The van der Waals surface area contributed by atoms with E-state index in [1.807, 2.05) is 62.3 Å². The molecular weight excluding hydrogens is 198 g/mol. The van der Waals surface area contributed by atoms with Crippen molar-refractivity contribution in [2.24, 2.45) is 5.92 Å². The fourth-order valence-electron chi connectivity index (χ4n) is 1.54. The fraction of sp³-hybridized carbons (Fsp3) is 0.357. The van der Waals surface area contributed by atoms with Gasteiger partial charge in [0.05, 0.1) is 0 Å². The van der Waals surface area contributed by atoms with E-state index in [0.29, 0.717) is 0 Å². The van der Waals surface area contributed by atoms with E-state index in [4.69, 9.17) is 0 Å². The zero-order valence-electron chi connectivity index (χ0n) is 10.2. The van der Waals surface area contributed by atoms with Crippen LogP contribution in [0, 0.1) is 5.92 Å². The summed E-state index contributed by atoms with van der Waals surface area (Å²) in [4.78, 5) is 13.8. The molecule has 0 amide bonds. The Bertz CT molecular complexity index is 354. The molecule has 16 heavy (non-hydrogen) atoms. The van der Waals surface area contributed by atoms with Crippen molar-refractivity contribution in [3.63, 3.8) is 0 Å². The number of carbonyl (C=O) groups excluding carboxylic acids is 1. The third-order valence-corrected chi connectivity index (χ3v) is 2.36. The molecule has 1 aromatic rings. The number of rotatable bonds is 5. The van der Waals surface area contributed by atoms with Crippen molar-refractivity contribution >= 4 is 11.9 Å². The highest BCUT2D eigenvalue weighted by molar-refractivity contribution is 5.95. The highest BCUT2D eigenvalue weighted by Gasteiger charge is 2.10. The summed E-state index contributed by atoms with van der Waals surface area (Å²) in [7, 11) is 3.95. The van der Waals surface area contributed by atoms with Gasteiger partial charge in [-0.15, -0.1) is 0 Å². The molecule has 0 radical (unpaired) electrons. The number of nitrogens with zero attached hydrogens (tertiary/aromatic N) is 1. The van der Waals surface area contributed by atoms with Crippen LogP contribution in [0.5, 0.6) is 0 Å². The number of benzene rings is 1. The van der Waals surface area contributed by atoms with Gasteiger partial charge in [0.1, 0.15) is 0 Å². The Hall–Kier alpha value is -1.41. The Morgan fingerprint density at radius 1 is 1.31 bits per heavy atom. The molecule has 1 rings (SSSR count). The minimum atomic E-state index is 0.0509. The number of allylic oxidation sites excluding steroid dienone is 1. The SMILES string of the molecule is CC(CN(C)C)C(=O)C=Cc1ccccc1. The van der Waals surface area contributed by atoms with E-state index in [9.17, 15) is 4.79 Å². The molecule has 2 heteroatoms. The molecule has 0 aliphatic rings. The maximum absolute atomic E-state index is 11.7. The van der Waals surface area contributed by atoms with Gasteiger partial charge in [-0.1, -0.05) is 43.3 Å². The van der Waals surface area contributed by atoms with E-state index >= 15 is 0 Å². The van der Waals surface area contributed by atoms with Crippen LogP contribution in [0.3, 0.4) is 0 Å². The Morgan fingerprint density at radius 3 is 2.50 bits per heavy atom. The van der Waals surface area contributed by atoms with Crippen LogP contribution in [-0.2, 0) is 4.79 Å². The lowest BCUT2D eigenvalue weighted by atomic mass is 10.0. The second-order valence-electron chi connectivity index (χ2n) is 4.31. The topological polar surface area (TPSA) is 20.3 Å². The summed E-state index contributed by atoms with van der Waals surface area (Å²) in [5, 5.41) is 0. The Labute approximate surface area is 97.6 Å². The fourth-order valence-corrected chi connectivity index (χ4v) is 1.54. The summed E-state index contributed by atoms with van der Waals surface area (Å²) in [6.07, 6.45) is 3.54. The summed E-state index contributed by atoms with van der Waals surface area (Å²) < 4.78 is 0. The second-order valence-corrected chi connectivity index (χ2v) is 4.31. The van der Waals surface area contributed by atoms with Crippen LogP contribution in [0.2, 0.25) is 0 Å². The Balaban J connectivity index is 2.54. The van der Waals surface area contributed by atoms with Crippen LogP contribution >= 0.6 is 0 Å².